The first-order valence-electron chi connectivity index (χ1n) is 35.5. The highest BCUT2D eigenvalue weighted by Gasteiger charge is 2.18. The number of carbonyl (C=O) groups is 1. The van der Waals surface area contributed by atoms with Gasteiger partial charge in [0.1, 0.15) is 0 Å². The second-order valence-corrected chi connectivity index (χ2v) is 24.3. The number of carbonyl (C=O) groups excluding carboxylic acids is 1. The largest absolute Gasteiger partial charge is 0.394 e. The zero-order chi connectivity index (χ0) is 56.2. The van der Waals surface area contributed by atoms with Crippen LogP contribution in [0.2, 0.25) is 0 Å². The summed E-state index contributed by atoms with van der Waals surface area (Å²) in [5, 5.41) is 23.3. The summed E-state index contributed by atoms with van der Waals surface area (Å²) in [6.07, 6.45) is 98.9. The maximum Gasteiger partial charge on any atom is 0.220 e. The van der Waals surface area contributed by atoms with E-state index >= 15 is 0 Å². The second-order valence-electron chi connectivity index (χ2n) is 24.3. The fraction of sp³-hybridized carbons (Fsp3) is 0.851. The van der Waals surface area contributed by atoms with Gasteiger partial charge in [-0.3, -0.25) is 4.79 Å². The first-order valence-corrected chi connectivity index (χ1v) is 35.5. The molecule has 0 aromatic carbocycles. The van der Waals surface area contributed by atoms with Gasteiger partial charge >= 0.3 is 0 Å². The van der Waals surface area contributed by atoms with E-state index in [4.69, 9.17) is 0 Å². The number of hydrogen-bond acceptors (Lipinski definition) is 3. The molecule has 0 fully saturated rings. The SMILES string of the molecule is CC/C=C\C/C=C\C/C=C\C/C=C\CCCCCCCCCCCCCCCCCCCCCCCCCCCCCCC(=O)NC(CO)C(O)/C=C/CCCCCCCCCCCCCCCCCCCCCCCCC. The summed E-state index contributed by atoms with van der Waals surface area (Å²) in [7, 11) is 0. The third-order valence-electron chi connectivity index (χ3n) is 16.5. The van der Waals surface area contributed by atoms with Crippen LogP contribution in [0.15, 0.2) is 60.8 Å². The van der Waals surface area contributed by atoms with Crippen molar-refractivity contribution in [1.82, 2.24) is 5.32 Å². The maximum absolute atomic E-state index is 12.5. The molecule has 1 amide bonds. The van der Waals surface area contributed by atoms with Crippen LogP contribution in [0.3, 0.4) is 0 Å². The van der Waals surface area contributed by atoms with Crippen LogP contribution >= 0.6 is 0 Å². The van der Waals surface area contributed by atoms with Gasteiger partial charge in [0.05, 0.1) is 18.8 Å². The highest BCUT2D eigenvalue weighted by molar-refractivity contribution is 5.76. The number of rotatable bonds is 66. The molecular weight excluding hydrogens is 951 g/mol. The van der Waals surface area contributed by atoms with Crippen molar-refractivity contribution in [3.63, 3.8) is 0 Å². The van der Waals surface area contributed by atoms with Crippen LogP contribution in [-0.4, -0.2) is 34.9 Å². The summed E-state index contributed by atoms with van der Waals surface area (Å²) in [6.45, 7) is 4.24. The van der Waals surface area contributed by atoms with Crippen LogP contribution in [-0.2, 0) is 4.79 Å². The molecule has 0 heterocycles. The van der Waals surface area contributed by atoms with Gasteiger partial charge in [0.2, 0.25) is 5.91 Å². The van der Waals surface area contributed by atoms with Gasteiger partial charge in [-0.1, -0.05) is 383 Å². The second kappa shape index (κ2) is 69.4. The minimum atomic E-state index is -0.840. The van der Waals surface area contributed by atoms with Crippen molar-refractivity contribution in [2.24, 2.45) is 0 Å². The van der Waals surface area contributed by atoms with E-state index in [0.29, 0.717) is 6.42 Å². The fourth-order valence-electron chi connectivity index (χ4n) is 11.2. The average molecular weight is 1090 g/mol. The molecule has 3 N–H and O–H groups in total. The first-order chi connectivity index (χ1) is 38.7. The summed E-state index contributed by atoms with van der Waals surface area (Å²) in [5.74, 6) is -0.0557. The van der Waals surface area contributed by atoms with Crippen molar-refractivity contribution in [3.05, 3.63) is 60.8 Å². The average Bonchev–Trinajstić information content (AvgIpc) is 3.44. The Morgan fingerprint density at radius 1 is 0.321 bits per heavy atom. The van der Waals surface area contributed by atoms with Gasteiger partial charge in [-0.05, 0) is 57.8 Å². The normalized spacial score (nSPS) is 13.0. The molecule has 2 atom stereocenters. The molecule has 78 heavy (non-hydrogen) atoms. The number of aliphatic hydroxyl groups excluding tert-OH is 2. The molecule has 0 radical (unpaired) electrons. The molecule has 2 unspecified atom stereocenters. The standard InChI is InChI=1S/C74H139NO3/c1-3-5-7-9-11-13-15-17-19-21-23-25-27-29-30-31-32-33-34-35-36-37-38-39-40-41-42-43-44-46-48-50-52-54-56-58-60-62-64-66-68-70-74(78)75-72(71-76)73(77)69-67-65-63-61-59-57-55-53-51-49-47-45-28-26-24-22-20-18-16-14-12-10-8-6-4-2/h5,7,11,13,17,19,23,25,67,69,72-73,76-77H,3-4,6,8-10,12,14-16,18,20-22,24,26-66,68,70-71H2,1-2H3,(H,75,78)/b7-5-,13-11-,19-17-,25-23-,69-67+. The van der Waals surface area contributed by atoms with Gasteiger partial charge in [-0.15, -0.1) is 0 Å². The highest BCUT2D eigenvalue weighted by atomic mass is 16.3. The predicted octanol–water partition coefficient (Wildman–Crippen LogP) is 24.3. The molecule has 0 aliphatic carbocycles. The number of amides is 1. The van der Waals surface area contributed by atoms with E-state index in [9.17, 15) is 15.0 Å². The molecule has 0 saturated carbocycles. The maximum atomic E-state index is 12.5. The van der Waals surface area contributed by atoms with Gasteiger partial charge in [0, 0.05) is 6.42 Å². The Hall–Kier alpha value is -1.91. The van der Waals surface area contributed by atoms with E-state index in [1.54, 1.807) is 6.08 Å². The minimum Gasteiger partial charge on any atom is -0.394 e. The predicted molar refractivity (Wildman–Crippen MR) is 350 cm³/mol. The molecule has 0 aliphatic rings. The van der Waals surface area contributed by atoms with Gasteiger partial charge in [-0.25, -0.2) is 0 Å². The molecule has 0 bridgehead atoms. The van der Waals surface area contributed by atoms with Crippen LogP contribution in [0.25, 0.3) is 0 Å². The molecule has 0 saturated heterocycles. The summed E-state index contributed by atoms with van der Waals surface area (Å²) >= 11 is 0. The van der Waals surface area contributed by atoms with Crippen molar-refractivity contribution in [2.45, 2.75) is 398 Å². The zero-order valence-corrected chi connectivity index (χ0v) is 53.0. The van der Waals surface area contributed by atoms with Gasteiger partial charge in [0.25, 0.3) is 0 Å². The molecule has 4 nitrogen and oxygen atoms in total. The number of hydrogen-bond donors (Lipinski definition) is 3. The minimum absolute atomic E-state index is 0.0557. The molecule has 4 heteroatoms. The number of allylic oxidation sites excluding steroid dienone is 9. The molecule has 0 rings (SSSR count). The van der Waals surface area contributed by atoms with Crippen LogP contribution in [0.4, 0.5) is 0 Å². The van der Waals surface area contributed by atoms with E-state index in [-0.39, 0.29) is 12.5 Å². The molecule has 458 valence electrons. The smallest absolute Gasteiger partial charge is 0.220 e. The highest BCUT2D eigenvalue weighted by Crippen LogP contribution is 2.19. The van der Waals surface area contributed by atoms with Crippen LogP contribution < -0.4 is 5.32 Å². The lowest BCUT2D eigenvalue weighted by atomic mass is 10.0. The molecule has 0 aliphatic heterocycles. The van der Waals surface area contributed by atoms with Crippen LogP contribution in [0, 0.1) is 0 Å². The number of aliphatic hydroxyl groups is 2. The van der Waals surface area contributed by atoms with Crippen molar-refractivity contribution < 1.29 is 15.0 Å². The van der Waals surface area contributed by atoms with Crippen molar-refractivity contribution >= 4 is 5.91 Å². The number of unbranched alkanes of at least 4 members (excludes halogenated alkanes) is 51. The Morgan fingerprint density at radius 2 is 0.564 bits per heavy atom. The summed E-state index contributed by atoms with van der Waals surface area (Å²) < 4.78 is 0. The fourth-order valence-corrected chi connectivity index (χ4v) is 11.2. The Kier molecular flexibility index (Phi) is 67.7. The van der Waals surface area contributed by atoms with E-state index < -0.39 is 12.1 Å². The van der Waals surface area contributed by atoms with Crippen molar-refractivity contribution in [3.8, 4) is 0 Å². The zero-order valence-electron chi connectivity index (χ0n) is 53.0. The topological polar surface area (TPSA) is 69.6 Å². The van der Waals surface area contributed by atoms with E-state index in [2.05, 4.69) is 67.8 Å². The van der Waals surface area contributed by atoms with Gasteiger partial charge in [0.15, 0.2) is 0 Å². The monoisotopic (exact) mass is 1090 g/mol. The molecule has 0 spiro atoms. The lowest BCUT2D eigenvalue weighted by molar-refractivity contribution is -0.123. The van der Waals surface area contributed by atoms with E-state index in [0.717, 1.165) is 51.4 Å². The van der Waals surface area contributed by atoms with Crippen LogP contribution in [0.1, 0.15) is 386 Å². The molecular formula is C74H139NO3. The quantitative estimate of drug-likeness (QED) is 0.0420. The third kappa shape index (κ3) is 64.9. The summed E-state index contributed by atoms with van der Waals surface area (Å²) in [5.41, 5.74) is 0. The van der Waals surface area contributed by atoms with E-state index in [1.807, 2.05) is 6.08 Å². The Bertz CT molecular complexity index is 1280. The van der Waals surface area contributed by atoms with Crippen molar-refractivity contribution in [1.29, 1.82) is 0 Å². The first kappa shape index (κ1) is 76.1. The molecule has 0 aromatic rings. The van der Waals surface area contributed by atoms with Crippen molar-refractivity contribution in [2.75, 3.05) is 6.61 Å². The number of nitrogens with one attached hydrogen (secondary N) is 1. The van der Waals surface area contributed by atoms with Crippen LogP contribution in [0.5, 0.6) is 0 Å². The molecule has 0 aromatic heterocycles. The summed E-state index contributed by atoms with van der Waals surface area (Å²) in [4.78, 5) is 12.5. The Labute approximate surface area is 489 Å². The van der Waals surface area contributed by atoms with Gasteiger partial charge in [-0.2, -0.15) is 0 Å². The summed E-state index contributed by atoms with van der Waals surface area (Å²) in [6, 6.07) is -0.622. The lowest BCUT2D eigenvalue weighted by Crippen LogP contribution is -2.45. The van der Waals surface area contributed by atoms with Gasteiger partial charge < -0.3 is 15.5 Å². The lowest BCUT2D eigenvalue weighted by Gasteiger charge is -2.20. The Balaban J connectivity index is 3.39. The third-order valence-corrected chi connectivity index (χ3v) is 16.5. The Morgan fingerprint density at radius 3 is 0.846 bits per heavy atom. The van der Waals surface area contributed by atoms with E-state index in [1.165, 1.54) is 315 Å².